The minimum Gasteiger partial charge on any atom is -0.475 e. The standard InChI is InChI=1S/C11H17NO.C10H13F2N.C9H13N/c1-8(2)10-5-6-11(12-7-10)13-9(3)4;1-7(2)8-4-5-13-9(6-8)10(3,11)12;1-7(2)9-4-5-10-8(3)6-9/h5-9H,1-4H3;4-7H,1-3H3;4-7H,1-3H3. The normalized spacial score (nSPS) is 11.2. The third kappa shape index (κ3) is 11.7. The number of aryl methyl sites for hydroxylation is 1. The number of pyridine rings is 3. The molecule has 0 bridgehead atoms. The molecule has 0 aromatic carbocycles. The van der Waals surface area contributed by atoms with Crippen LogP contribution in [-0.4, -0.2) is 21.1 Å². The first kappa shape index (κ1) is 31.1. The van der Waals surface area contributed by atoms with E-state index in [4.69, 9.17) is 4.74 Å². The monoisotopic (exact) mass is 499 g/mol. The zero-order valence-electron chi connectivity index (χ0n) is 23.5. The molecule has 0 N–H and O–H groups in total. The van der Waals surface area contributed by atoms with Gasteiger partial charge in [-0.05, 0) is 79.5 Å². The van der Waals surface area contributed by atoms with Crippen molar-refractivity contribution in [2.24, 2.45) is 0 Å². The molecule has 4 nitrogen and oxygen atoms in total. The van der Waals surface area contributed by atoms with Crippen LogP contribution in [0.25, 0.3) is 0 Å². The molecule has 0 saturated heterocycles. The van der Waals surface area contributed by atoms with Crippen molar-refractivity contribution in [2.75, 3.05) is 0 Å². The zero-order chi connectivity index (χ0) is 27.5. The van der Waals surface area contributed by atoms with Gasteiger partial charge in [-0.15, -0.1) is 0 Å². The summed E-state index contributed by atoms with van der Waals surface area (Å²) >= 11 is 0. The van der Waals surface area contributed by atoms with E-state index in [2.05, 4.69) is 60.8 Å². The highest BCUT2D eigenvalue weighted by atomic mass is 19.3. The van der Waals surface area contributed by atoms with E-state index in [0.717, 1.165) is 18.2 Å². The number of hydrogen-bond donors (Lipinski definition) is 0. The molecule has 36 heavy (non-hydrogen) atoms. The van der Waals surface area contributed by atoms with Gasteiger partial charge in [0.25, 0.3) is 5.92 Å². The summed E-state index contributed by atoms with van der Waals surface area (Å²) < 4.78 is 31.1. The molecule has 0 saturated carbocycles. The van der Waals surface area contributed by atoms with Gasteiger partial charge in [0.15, 0.2) is 0 Å². The van der Waals surface area contributed by atoms with Crippen LogP contribution in [0.1, 0.15) is 108 Å². The van der Waals surface area contributed by atoms with Crippen LogP contribution in [0.4, 0.5) is 8.78 Å². The van der Waals surface area contributed by atoms with E-state index in [1.807, 2.05) is 53.1 Å². The van der Waals surface area contributed by atoms with Gasteiger partial charge >= 0.3 is 0 Å². The first-order valence-corrected chi connectivity index (χ1v) is 12.6. The molecule has 0 radical (unpaired) electrons. The molecular formula is C30H43F2N3O. The fourth-order valence-corrected chi connectivity index (χ4v) is 3.02. The number of alkyl halides is 2. The summed E-state index contributed by atoms with van der Waals surface area (Å²) in [5.74, 6) is -0.740. The molecule has 6 heteroatoms. The van der Waals surface area contributed by atoms with Crippen LogP contribution in [0.15, 0.2) is 55.0 Å². The lowest BCUT2D eigenvalue weighted by molar-refractivity contribution is 0.0126. The van der Waals surface area contributed by atoms with Gasteiger partial charge < -0.3 is 4.74 Å². The van der Waals surface area contributed by atoms with Crippen LogP contribution < -0.4 is 4.74 Å². The lowest BCUT2D eigenvalue weighted by Crippen LogP contribution is -2.10. The maximum atomic E-state index is 12.8. The van der Waals surface area contributed by atoms with Crippen LogP contribution in [0, 0.1) is 6.92 Å². The average Bonchev–Trinajstić information content (AvgIpc) is 2.79. The second kappa shape index (κ2) is 14.6. The van der Waals surface area contributed by atoms with E-state index in [1.54, 1.807) is 6.07 Å². The average molecular weight is 500 g/mol. The number of nitrogens with zero attached hydrogens (tertiary/aromatic N) is 3. The predicted molar refractivity (Wildman–Crippen MR) is 145 cm³/mol. The molecule has 3 aromatic rings. The summed E-state index contributed by atoms with van der Waals surface area (Å²) in [6.45, 7) is 19.5. The first-order valence-electron chi connectivity index (χ1n) is 12.6. The van der Waals surface area contributed by atoms with Gasteiger partial charge in [-0.2, -0.15) is 8.78 Å². The summed E-state index contributed by atoms with van der Waals surface area (Å²) in [5, 5.41) is 0. The van der Waals surface area contributed by atoms with Crippen molar-refractivity contribution < 1.29 is 13.5 Å². The van der Waals surface area contributed by atoms with Crippen molar-refractivity contribution >= 4 is 0 Å². The molecule has 0 amide bonds. The number of aromatic nitrogens is 3. The molecule has 0 aliphatic heterocycles. The molecule has 3 heterocycles. The Balaban J connectivity index is 0.000000273. The third-order valence-corrected chi connectivity index (χ3v) is 5.27. The highest BCUT2D eigenvalue weighted by Crippen LogP contribution is 2.27. The molecular weight excluding hydrogens is 456 g/mol. The third-order valence-electron chi connectivity index (χ3n) is 5.27. The van der Waals surface area contributed by atoms with Crippen molar-refractivity contribution in [3.05, 3.63) is 83.1 Å². The number of halogens is 2. The molecule has 0 atom stereocenters. The fourth-order valence-electron chi connectivity index (χ4n) is 3.02. The zero-order valence-corrected chi connectivity index (χ0v) is 23.5. The topological polar surface area (TPSA) is 47.9 Å². The number of rotatable bonds is 6. The van der Waals surface area contributed by atoms with Gasteiger partial charge in [-0.1, -0.05) is 47.6 Å². The largest absolute Gasteiger partial charge is 0.475 e. The lowest BCUT2D eigenvalue weighted by Gasteiger charge is -2.12. The Labute approximate surface area is 216 Å². The van der Waals surface area contributed by atoms with Crippen molar-refractivity contribution in [1.82, 2.24) is 15.0 Å². The second-order valence-electron chi connectivity index (χ2n) is 10.2. The van der Waals surface area contributed by atoms with Gasteiger partial charge in [-0.3, -0.25) is 9.97 Å². The Morgan fingerprint density at radius 1 is 0.694 bits per heavy atom. The van der Waals surface area contributed by atoms with Crippen LogP contribution in [-0.2, 0) is 5.92 Å². The van der Waals surface area contributed by atoms with Crippen molar-refractivity contribution in [3.63, 3.8) is 0 Å². The number of ether oxygens (including phenoxy) is 1. The number of hydrogen-bond acceptors (Lipinski definition) is 4. The van der Waals surface area contributed by atoms with Crippen LogP contribution in [0.5, 0.6) is 5.88 Å². The Bertz CT molecular complexity index is 1030. The Kier molecular flexibility index (Phi) is 12.6. The van der Waals surface area contributed by atoms with Crippen LogP contribution in [0.3, 0.4) is 0 Å². The van der Waals surface area contributed by atoms with Crippen LogP contribution >= 0.6 is 0 Å². The smallest absolute Gasteiger partial charge is 0.286 e. The van der Waals surface area contributed by atoms with Crippen molar-refractivity contribution in [2.45, 2.75) is 99.0 Å². The summed E-state index contributed by atoms with van der Waals surface area (Å²) in [6.07, 6.45) is 5.37. The van der Waals surface area contributed by atoms with Gasteiger partial charge in [-0.25, -0.2) is 4.98 Å². The van der Waals surface area contributed by atoms with E-state index in [0.29, 0.717) is 17.7 Å². The Morgan fingerprint density at radius 2 is 1.22 bits per heavy atom. The minimum atomic E-state index is -2.84. The molecule has 3 rings (SSSR count). The summed E-state index contributed by atoms with van der Waals surface area (Å²) in [7, 11) is 0. The molecule has 198 valence electrons. The Hall–Kier alpha value is -2.89. The predicted octanol–water partition coefficient (Wildman–Crippen LogP) is 8.82. The molecule has 0 aliphatic rings. The first-order chi connectivity index (χ1) is 16.7. The van der Waals surface area contributed by atoms with Gasteiger partial charge in [0.05, 0.1) is 6.10 Å². The molecule has 0 spiro atoms. The highest BCUT2D eigenvalue weighted by molar-refractivity contribution is 5.22. The SMILES string of the molecule is CC(C)Oc1ccc(C(C)C)cn1.CC(C)c1ccnc(C(C)(F)F)c1.Cc1cc(C(C)C)ccn1. The second-order valence-corrected chi connectivity index (χ2v) is 10.2. The summed E-state index contributed by atoms with van der Waals surface area (Å²) in [4.78, 5) is 12.0. The lowest BCUT2D eigenvalue weighted by atomic mass is 10.0. The van der Waals surface area contributed by atoms with Crippen molar-refractivity contribution in [1.29, 1.82) is 0 Å². The van der Waals surface area contributed by atoms with Gasteiger partial charge in [0.1, 0.15) is 5.69 Å². The fraction of sp³-hybridized carbons (Fsp3) is 0.500. The quantitative estimate of drug-likeness (QED) is 0.340. The van der Waals surface area contributed by atoms with Crippen LogP contribution in [0.2, 0.25) is 0 Å². The Morgan fingerprint density at radius 3 is 1.61 bits per heavy atom. The molecule has 0 fully saturated rings. The van der Waals surface area contributed by atoms with E-state index >= 15 is 0 Å². The minimum absolute atomic E-state index is 0.154. The maximum absolute atomic E-state index is 12.8. The molecule has 3 aromatic heterocycles. The van der Waals surface area contributed by atoms with Crippen molar-refractivity contribution in [3.8, 4) is 5.88 Å². The maximum Gasteiger partial charge on any atom is 0.286 e. The van der Waals surface area contributed by atoms with E-state index in [1.165, 1.54) is 23.4 Å². The molecule has 0 aliphatic carbocycles. The summed E-state index contributed by atoms with van der Waals surface area (Å²) in [6, 6.07) is 11.4. The van der Waals surface area contributed by atoms with E-state index < -0.39 is 5.92 Å². The van der Waals surface area contributed by atoms with Gasteiger partial charge in [0, 0.05) is 37.3 Å². The van der Waals surface area contributed by atoms with E-state index in [9.17, 15) is 8.78 Å². The van der Waals surface area contributed by atoms with E-state index in [-0.39, 0.29) is 17.7 Å². The molecule has 0 unspecified atom stereocenters. The summed E-state index contributed by atoms with van der Waals surface area (Å²) in [5.41, 5.74) is 4.46. The highest BCUT2D eigenvalue weighted by Gasteiger charge is 2.26. The van der Waals surface area contributed by atoms with Gasteiger partial charge in [0.2, 0.25) is 5.88 Å².